The van der Waals surface area contributed by atoms with Crippen LogP contribution >= 0.6 is 23.2 Å². The van der Waals surface area contributed by atoms with Gasteiger partial charge in [-0.2, -0.15) is 0 Å². The molecule has 1 aromatic carbocycles. The maximum atomic E-state index is 6.14. The molecule has 0 N–H and O–H groups in total. The number of fused-ring (bicyclic) bond motifs is 1. The molecule has 0 spiro atoms. The number of nitrogens with zero attached hydrogens (tertiary/aromatic N) is 2. The maximum Gasteiger partial charge on any atom is 0.125 e. The topological polar surface area (TPSA) is 17.8 Å². The molecule has 0 bridgehead atoms. The van der Waals surface area contributed by atoms with Crippen LogP contribution in [0.1, 0.15) is 44.5 Å². The minimum Gasteiger partial charge on any atom is -0.324 e. The summed E-state index contributed by atoms with van der Waals surface area (Å²) in [4.78, 5) is 4.65. The molecule has 19 heavy (non-hydrogen) atoms. The van der Waals surface area contributed by atoms with Gasteiger partial charge in [0.2, 0.25) is 0 Å². The van der Waals surface area contributed by atoms with E-state index in [9.17, 15) is 0 Å². The average Bonchev–Trinajstić information content (AvgIpc) is 2.77. The molecule has 1 aliphatic carbocycles. The van der Waals surface area contributed by atoms with E-state index in [1.165, 1.54) is 25.7 Å². The van der Waals surface area contributed by atoms with E-state index in [1.807, 2.05) is 18.2 Å². The lowest BCUT2D eigenvalue weighted by Gasteiger charge is -2.31. The number of hydrogen-bond donors (Lipinski definition) is 0. The van der Waals surface area contributed by atoms with Crippen molar-refractivity contribution in [2.24, 2.45) is 5.92 Å². The molecule has 4 heteroatoms. The lowest BCUT2D eigenvalue weighted by Crippen LogP contribution is -2.22. The lowest BCUT2D eigenvalue weighted by molar-refractivity contribution is 0.258. The Morgan fingerprint density at radius 1 is 1.32 bits per heavy atom. The fourth-order valence-corrected chi connectivity index (χ4v) is 3.62. The second-order valence-electron chi connectivity index (χ2n) is 5.49. The van der Waals surface area contributed by atoms with Crippen LogP contribution in [-0.4, -0.2) is 9.55 Å². The summed E-state index contributed by atoms with van der Waals surface area (Å²) in [7, 11) is 0. The Balaban J connectivity index is 2.16. The first-order valence-electron chi connectivity index (χ1n) is 6.93. The molecule has 1 aliphatic rings. The van der Waals surface area contributed by atoms with E-state index < -0.39 is 0 Å². The van der Waals surface area contributed by atoms with E-state index in [1.54, 1.807) is 0 Å². The standard InChI is InChI=1S/C15H18Cl2N2/c1-10-4-2-3-5-13(10)19-14-8-11(17)6-7-12(14)18-15(19)9-16/h6-8,10,13H,2-5,9H2,1H3. The number of aromatic nitrogens is 2. The van der Waals surface area contributed by atoms with Crippen LogP contribution in [0.3, 0.4) is 0 Å². The van der Waals surface area contributed by atoms with Crippen molar-refractivity contribution in [2.45, 2.75) is 44.5 Å². The molecule has 1 aromatic heterocycles. The number of rotatable bonds is 2. The van der Waals surface area contributed by atoms with Gasteiger partial charge < -0.3 is 4.57 Å². The summed E-state index contributed by atoms with van der Waals surface area (Å²) in [6, 6.07) is 6.40. The molecule has 102 valence electrons. The number of hydrogen-bond acceptors (Lipinski definition) is 1. The van der Waals surface area contributed by atoms with Crippen LogP contribution in [0.15, 0.2) is 18.2 Å². The van der Waals surface area contributed by atoms with Crippen molar-refractivity contribution in [1.29, 1.82) is 0 Å². The van der Waals surface area contributed by atoms with E-state index in [-0.39, 0.29) is 0 Å². The number of imidazole rings is 1. The average molecular weight is 297 g/mol. The normalized spacial score (nSPS) is 23.9. The van der Waals surface area contributed by atoms with Crippen molar-refractivity contribution in [1.82, 2.24) is 9.55 Å². The molecule has 2 aromatic rings. The van der Waals surface area contributed by atoms with Gasteiger partial charge in [0.1, 0.15) is 5.82 Å². The van der Waals surface area contributed by atoms with Gasteiger partial charge >= 0.3 is 0 Å². The number of alkyl halides is 1. The van der Waals surface area contributed by atoms with Crippen molar-refractivity contribution in [3.63, 3.8) is 0 Å². The second-order valence-corrected chi connectivity index (χ2v) is 6.20. The van der Waals surface area contributed by atoms with Gasteiger partial charge in [0.15, 0.2) is 0 Å². The van der Waals surface area contributed by atoms with Gasteiger partial charge in [-0.1, -0.05) is 31.4 Å². The Labute approximate surface area is 123 Å². The van der Waals surface area contributed by atoms with Crippen LogP contribution in [0.2, 0.25) is 5.02 Å². The maximum absolute atomic E-state index is 6.14. The highest BCUT2D eigenvalue weighted by molar-refractivity contribution is 6.31. The molecule has 1 saturated carbocycles. The zero-order chi connectivity index (χ0) is 13.4. The first-order chi connectivity index (χ1) is 9.20. The molecule has 0 saturated heterocycles. The number of halogens is 2. The SMILES string of the molecule is CC1CCCCC1n1c(CCl)nc2ccc(Cl)cc21. The van der Waals surface area contributed by atoms with Gasteiger partial charge in [-0.05, 0) is 37.0 Å². The van der Waals surface area contributed by atoms with Gasteiger partial charge in [-0.15, -0.1) is 11.6 Å². The fourth-order valence-electron chi connectivity index (χ4n) is 3.26. The van der Waals surface area contributed by atoms with Crippen LogP contribution in [0, 0.1) is 5.92 Å². The lowest BCUT2D eigenvalue weighted by atomic mass is 9.85. The Bertz CT molecular complexity index is 591. The van der Waals surface area contributed by atoms with Gasteiger partial charge in [-0.3, -0.25) is 0 Å². The molecule has 1 fully saturated rings. The number of benzene rings is 1. The summed E-state index contributed by atoms with van der Waals surface area (Å²) in [5.41, 5.74) is 2.12. The molecule has 0 aliphatic heterocycles. The third-order valence-corrected chi connectivity index (χ3v) is 4.72. The first kappa shape index (κ1) is 13.3. The Hall–Kier alpha value is -0.730. The molecule has 3 rings (SSSR count). The smallest absolute Gasteiger partial charge is 0.125 e. The quantitative estimate of drug-likeness (QED) is 0.698. The molecule has 2 nitrogen and oxygen atoms in total. The van der Waals surface area contributed by atoms with Crippen LogP contribution in [0.5, 0.6) is 0 Å². The molecular formula is C15H18Cl2N2. The minimum atomic E-state index is 0.454. The molecule has 0 amide bonds. The van der Waals surface area contributed by atoms with Gasteiger partial charge in [0, 0.05) is 11.1 Å². The Morgan fingerprint density at radius 3 is 2.84 bits per heavy atom. The monoisotopic (exact) mass is 296 g/mol. The fraction of sp³-hybridized carbons (Fsp3) is 0.533. The van der Waals surface area contributed by atoms with Crippen LogP contribution in [0.25, 0.3) is 11.0 Å². The first-order valence-corrected chi connectivity index (χ1v) is 7.84. The summed E-state index contributed by atoms with van der Waals surface area (Å²) in [6.07, 6.45) is 5.12. The third-order valence-electron chi connectivity index (χ3n) is 4.24. The molecule has 0 radical (unpaired) electrons. The summed E-state index contributed by atoms with van der Waals surface area (Å²) in [5, 5.41) is 0.762. The van der Waals surface area contributed by atoms with Crippen molar-refractivity contribution < 1.29 is 0 Å². The van der Waals surface area contributed by atoms with E-state index >= 15 is 0 Å². The second kappa shape index (κ2) is 5.34. The predicted octanol–water partition coefficient (Wildman–Crippen LogP) is 5.18. The zero-order valence-electron chi connectivity index (χ0n) is 11.1. The Kier molecular flexibility index (Phi) is 3.72. The summed E-state index contributed by atoms with van der Waals surface area (Å²) < 4.78 is 2.33. The van der Waals surface area contributed by atoms with E-state index in [0.717, 1.165) is 21.9 Å². The van der Waals surface area contributed by atoms with Gasteiger partial charge in [0.25, 0.3) is 0 Å². The van der Waals surface area contributed by atoms with E-state index in [2.05, 4.69) is 16.5 Å². The van der Waals surface area contributed by atoms with Gasteiger partial charge in [-0.25, -0.2) is 4.98 Å². The van der Waals surface area contributed by atoms with E-state index in [4.69, 9.17) is 23.2 Å². The van der Waals surface area contributed by atoms with Crippen LogP contribution in [0.4, 0.5) is 0 Å². The highest BCUT2D eigenvalue weighted by Gasteiger charge is 2.26. The summed E-state index contributed by atoms with van der Waals surface area (Å²) >= 11 is 12.2. The molecule has 1 heterocycles. The molecular weight excluding hydrogens is 279 g/mol. The highest BCUT2D eigenvalue weighted by Crippen LogP contribution is 2.37. The van der Waals surface area contributed by atoms with Crippen molar-refractivity contribution in [2.75, 3.05) is 0 Å². The van der Waals surface area contributed by atoms with Crippen molar-refractivity contribution in [3.05, 3.63) is 29.0 Å². The summed E-state index contributed by atoms with van der Waals surface area (Å²) in [6.45, 7) is 2.33. The van der Waals surface area contributed by atoms with Crippen molar-refractivity contribution in [3.8, 4) is 0 Å². The Morgan fingerprint density at radius 2 is 2.11 bits per heavy atom. The largest absolute Gasteiger partial charge is 0.324 e. The third kappa shape index (κ3) is 2.36. The van der Waals surface area contributed by atoms with Gasteiger partial charge in [0.05, 0.1) is 16.9 Å². The van der Waals surface area contributed by atoms with E-state index in [0.29, 0.717) is 17.8 Å². The zero-order valence-corrected chi connectivity index (χ0v) is 12.6. The molecule has 2 atom stereocenters. The predicted molar refractivity (Wildman–Crippen MR) is 81.0 cm³/mol. The summed E-state index contributed by atoms with van der Waals surface area (Å²) in [5.74, 6) is 2.10. The van der Waals surface area contributed by atoms with Crippen molar-refractivity contribution >= 4 is 34.2 Å². The molecule has 2 unspecified atom stereocenters. The highest BCUT2D eigenvalue weighted by atomic mass is 35.5. The minimum absolute atomic E-state index is 0.454. The van der Waals surface area contributed by atoms with Crippen LogP contribution < -0.4 is 0 Å². The van der Waals surface area contributed by atoms with Crippen LogP contribution in [-0.2, 0) is 5.88 Å².